The van der Waals surface area contributed by atoms with Gasteiger partial charge in [-0.1, -0.05) is 26.3 Å². The summed E-state index contributed by atoms with van der Waals surface area (Å²) in [6, 6.07) is 7.40. The number of aromatic nitrogens is 5. The van der Waals surface area contributed by atoms with Crippen LogP contribution in [0.4, 0.5) is 10.2 Å². The van der Waals surface area contributed by atoms with Gasteiger partial charge in [0.15, 0.2) is 11.6 Å². The molecule has 0 spiro atoms. The molecular formula is C28H33FN6OS. The normalized spacial score (nSPS) is 29.2. The van der Waals surface area contributed by atoms with Crippen LogP contribution in [0.15, 0.2) is 41.7 Å². The van der Waals surface area contributed by atoms with E-state index in [1.54, 1.807) is 24.5 Å². The Morgan fingerprint density at radius 2 is 1.89 bits per heavy atom. The Hall–Kier alpha value is -2.81. The number of rotatable bonds is 6. The maximum absolute atomic E-state index is 16.1. The van der Waals surface area contributed by atoms with Crippen molar-refractivity contribution in [3.63, 3.8) is 0 Å². The summed E-state index contributed by atoms with van der Waals surface area (Å²) >= 11 is 1.51. The molecule has 3 aliphatic rings. The third-order valence-electron chi connectivity index (χ3n) is 8.59. The fourth-order valence-electron chi connectivity index (χ4n) is 6.79. The zero-order valence-electron chi connectivity index (χ0n) is 21.6. The molecule has 9 heteroatoms. The van der Waals surface area contributed by atoms with Crippen LogP contribution >= 0.6 is 11.8 Å². The number of hydrogen-bond acceptors (Lipinski definition) is 8. The van der Waals surface area contributed by atoms with Gasteiger partial charge in [-0.15, -0.1) is 27.1 Å². The van der Waals surface area contributed by atoms with Crippen LogP contribution in [0.2, 0.25) is 0 Å². The summed E-state index contributed by atoms with van der Waals surface area (Å²) in [7, 11) is 0. The third kappa shape index (κ3) is 4.56. The molecule has 3 aromatic rings. The van der Waals surface area contributed by atoms with Gasteiger partial charge < -0.3 is 10.0 Å². The van der Waals surface area contributed by atoms with Gasteiger partial charge in [0.05, 0.1) is 24.0 Å². The molecule has 0 saturated heterocycles. The predicted octanol–water partition coefficient (Wildman–Crippen LogP) is 6.09. The molecule has 6 rings (SSSR count). The van der Waals surface area contributed by atoms with Crippen molar-refractivity contribution in [2.45, 2.75) is 82.1 Å². The number of benzene rings is 1. The van der Waals surface area contributed by atoms with E-state index in [0.717, 1.165) is 61.1 Å². The summed E-state index contributed by atoms with van der Waals surface area (Å²) in [4.78, 5) is 6.75. The van der Waals surface area contributed by atoms with E-state index in [4.69, 9.17) is 0 Å². The van der Waals surface area contributed by atoms with Gasteiger partial charge in [0.1, 0.15) is 16.9 Å². The second-order valence-corrected chi connectivity index (χ2v) is 12.5. The van der Waals surface area contributed by atoms with Crippen LogP contribution in [0, 0.1) is 10.8 Å². The highest BCUT2D eigenvalue weighted by Crippen LogP contribution is 2.58. The smallest absolute Gasteiger partial charge is 0.185 e. The standard InChI is InChI=1S/C28H33FN6OS/c1-27-9-4-10-28(2,16-27)25(29)21(13-27)35(19-6-7-19)23-15-30-26(34-32-23)20-8-5-17(11-22(20)36)18-12-24(37-3)33-31-14-18/h5,8,11-12,14-15,19,21,25,36H,4,6-7,9-10,13,16H2,1-3H3/t21-,25-,27-,28-/m1/s1. The summed E-state index contributed by atoms with van der Waals surface area (Å²) in [5, 5.41) is 28.6. The number of halogens is 1. The monoisotopic (exact) mass is 520 g/mol. The van der Waals surface area contributed by atoms with Crippen molar-refractivity contribution in [2.75, 3.05) is 11.2 Å². The molecule has 2 aromatic heterocycles. The highest BCUT2D eigenvalue weighted by atomic mass is 32.2. The first kappa shape index (κ1) is 24.5. The average Bonchev–Trinajstić information content (AvgIpc) is 3.73. The minimum atomic E-state index is -0.895. The SMILES string of the molecule is CSc1cc(-c2ccc(-c3ncc(N(C4CC4)[C@@H]4C[C@@]5(C)CCC[C@](C)(C5)[C@@H]4F)nn3)c(O)c2)cnn1. The van der Waals surface area contributed by atoms with Gasteiger partial charge in [0.25, 0.3) is 0 Å². The molecule has 0 radical (unpaired) electrons. The molecule has 7 nitrogen and oxygen atoms in total. The number of anilines is 1. The van der Waals surface area contributed by atoms with Crippen LogP contribution in [0.5, 0.6) is 5.75 Å². The van der Waals surface area contributed by atoms with Gasteiger partial charge in [-0.2, -0.15) is 5.10 Å². The summed E-state index contributed by atoms with van der Waals surface area (Å²) in [5.41, 5.74) is 2.09. The minimum Gasteiger partial charge on any atom is -0.507 e. The van der Waals surface area contributed by atoms with E-state index >= 15 is 4.39 Å². The molecule has 37 heavy (non-hydrogen) atoms. The van der Waals surface area contributed by atoms with Crippen LogP contribution in [0.1, 0.15) is 58.8 Å². The first-order valence-electron chi connectivity index (χ1n) is 13.1. The molecule has 1 aromatic carbocycles. The Kier molecular flexibility index (Phi) is 6.09. The topological polar surface area (TPSA) is 87.9 Å². The van der Waals surface area contributed by atoms with Crippen molar-refractivity contribution in [3.8, 4) is 28.3 Å². The Morgan fingerprint density at radius 3 is 2.59 bits per heavy atom. The average molecular weight is 521 g/mol. The van der Waals surface area contributed by atoms with E-state index in [0.29, 0.717) is 23.2 Å². The summed E-state index contributed by atoms with van der Waals surface area (Å²) in [6.07, 6.45) is 11.5. The molecule has 4 atom stereocenters. The Morgan fingerprint density at radius 1 is 1.05 bits per heavy atom. The van der Waals surface area contributed by atoms with E-state index in [1.807, 2.05) is 18.4 Å². The Bertz CT molecular complexity index is 1300. The number of hydrogen-bond donors (Lipinski definition) is 1. The van der Waals surface area contributed by atoms with Crippen LogP contribution in [0.3, 0.4) is 0 Å². The van der Waals surface area contributed by atoms with E-state index < -0.39 is 6.17 Å². The molecule has 0 amide bonds. The Balaban J connectivity index is 1.27. The van der Waals surface area contributed by atoms with Crippen molar-refractivity contribution < 1.29 is 9.50 Å². The zero-order valence-corrected chi connectivity index (χ0v) is 22.4. The van der Waals surface area contributed by atoms with Crippen molar-refractivity contribution >= 4 is 17.6 Å². The van der Waals surface area contributed by atoms with E-state index in [-0.39, 0.29) is 22.6 Å². The number of phenolic OH excluding ortho intramolecular Hbond substituents is 1. The fraction of sp³-hybridized carbons (Fsp3) is 0.536. The lowest BCUT2D eigenvalue weighted by Crippen LogP contribution is -2.58. The maximum Gasteiger partial charge on any atom is 0.185 e. The molecule has 3 aliphatic carbocycles. The van der Waals surface area contributed by atoms with Gasteiger partial charge >= 0.3 is 0 Å². The summed E-state index contributed by atoms with van der Waals surface area (Å²) in [6.45, 7) is 4.47. The number of thioether (sulfide) groups is 1. The molecule has 0 aliphatic heterocycles. The zero-order chi connectivity index (χ0) is 25.8. The van der Waals surface area contributed by atoms with Gasteiger partial charge in [-0.25, -0.2) is 9.37 Å². The number of nitrogens with zero attached hydrogens (tertiary/aromatic N) is 6. The summed E-state index contributed by atoms with van der Waals surface area (Å²) in [5.74, 6) is 1.05. The second-order valence-electron chi connectivity index (χ2n) is 11.7. The lowest BCUT2D eigenvalue weighted by molar-refractivity contribution is -0.0554. The first-order valence-corrected chi connectivity index (χ1v) is 14.3. The van der Waals surface area contributed by atoms with Crippen LogP contribution < -0.4 is 4.90 Å². The van der Waals surface area contributed by atoms with Gasteiger partial charge in [0, 0.05) is 17.0 Å². The molecule has 3 saturated carbocycles. The van der Waals surface area contributed by atoms with Crippen molar-refractivity contribution in [1.82, 2.24) is 25.4 Å². The van der Waals surface area contributed by atoms with Crippen molar-refractivity contribution in [2.24, 2.45) is 10.8 Å². The summed E-state index contributed by atoms with van der Waals surface area (Å²) < 4.78 is 16.1. The number of fused-ring (bicyclic) bond motifs is 2. The van der Waals surface area contributed by atoms with Gasteiger partial charge in [0.2, 0.25) is 0 Å². The third-order valence-corrected chi connectivity index (χ3v) is 9.21. The number of alkyl halides is 1. The maximum atomic E-state index is 16.1. The molecule has 2 heterocycles. The quantitative estimate of drug-likeness (QED) is 0.391. The lowest BCUT2D eigenvalue weighted by atomic mass is 9.54. The molecule has 194 valence electrons. The second kappa shape index (κ2) is 9.19. The number of aromatic hydroxyl groups is 1. The van der Waals surface area contributed by atoms with E-state index in [2.05, 4.69) is 44.1 Å². The Labute approximate surface area is 221 Å². The van der Waals surface area contributed by atoms with Crippen LogP contribution in [-0.4, -0.2) is 55.0 Å². The lowest BCUT2D eigenvalue weighted by Gasteiger charge is -2.56. The van der Waals surface area contributed by atoms with Crippen molar-refractivity contribution in [3.05, 3.63) is 36.7 Å². The largest absolute Gasteiger partial charge is 0.507 e. The van der Waals surface area contributed by atoms with Gasteiger partial charge in [-0.3, -0.25) is 0 Å². The highest BCUT2D eigenvalue weighted by Gasteiger charge is 2.56. The van der Waals surface area contributed by atoms with E-state index in [1.165, 1.54) is 11.8 Å². The minimum absolute atomic E-state index is 0.0680. The molecule has 0 unspecified atom stereocenters. The molecular weight excluding hydrogens is 487 g/mol. The van der Waals surface area contributed by atoms with Gasteiger partial charge in [-0.05, 0) is 74.0 Å². The molecule has 3 fully saturated rings. The van der Waals surface area contributed by atoms with E-state index in [9.17, 15) is 5.11 Å². The van der Waals surface area contributed by atoms with Crippen molar-refractivity contribution in [1.29, 1.82) is 0 Å². The predicted molar refractivity (Wildman–Crippen MR) is 143 cm³/mol. The number of phenols is 1. The molecule has 1 N–H and O–H groups in total. The van der Waals surface area contributed by atoms with Crippen LogP contribution in [-0.2, 0) is 0 Å². The fourth-order valence-corrected chi connectivity index (χ4v) is 7.16. The van der Waals surface area contributed by atoms with Crippen LogP contribution in [0.25, 0.3) is 22.5 Å². The highest BCUT2D eigenvalue weighted by molar-refractivity contribution is 7.98. The first-order chi connectivity index (χ1) is 17.8. The molecule has 2 bridgehead atoms.